The molecule has 0 spiro atoms. The van der Waals surface area contributed by atoms with Gasteiger partial charge in [-0.15, -0.1) is 0 Å². The highest BCUT2D eigenvalue weighted by Crippen LogP contribution is 2.67. The van der Waals surface area contributed by atoms with Gasteiger partial charge in [-0.25, -0.2) is 43.9 Å². The molecular formula is C106H178N16O21S3. The Bertz CT molecular complexity index is 5190. The van der Waals surface area contributed by atoms with E-state index in [1.54, 1.807) is 46.6 Å². The zero-order valence-electron chi connectivity index (χ0n) is 91.8. The lowest BCUT2D eigenvalue weighted by atomic mass is 9.78. The van der Waals surface area contributed by atoms with E-state index in [-0.39, 0.29) is 81.4 Å². The molecule has 4 heterocycles. The number of sulfonamides is 1. The molecule has 37 nitrogen and oxygen atoms in total. The maximum Gasteiger partial charge on any atom is 0.315 e. The van der Waals surface area contributed by atoms with Crippen LogP contribution in [0.15, 0.2) is 0 Å². The number of ketones is 3. The number of Topliss-reactive ketones (excluding diaryl/α,β-unsaturated/α-hetero) is 3. The van der Waals surface area contributed by atoms with Gasteiger partial charge in [-0.2, -0.15) is 0 Å². The molecule has 0 aromatic carbocycles. The summed E-state index contributed by atoms with van der Waals surface area (Å²) in [7, 11) is -9.04. The smallest absolute Gasteiger partial charge is 0.315 e. The molecule has 40 heteroatoms. The highest BCUT2D eigenvalue weighted by molar-refractivity contribution is 7.92. The highest BCUT2D eigenvalue weighted by atomic mass is 32.2. The van der Waals surface area contributed by atoms with Crippen LogP contribution in [0.4, 0.5) is 14.4 Å². The van der Waals surface area contributed by atoms with Gasteiger partial charge in [0, 0.05) is 51.4 Å². The van der Waals surface area contributed by atoms with E-state index in [0.717, 1.165) is 116 Å². The summed E-state index contributed by atoms with van der Waals surface area (Å²) in [5.74, 6) is -7.26. The minimum absolute atomic E-state index is 0.00450. The van der Waals surface area contributed by atoms with Crippen molar-refractivity contribution in [2.24, 2.45) is 68.0 Å². The van der Waals surface area contributed by atoms with Gasteiger partial charge in [-0.3, -0.25) is 57.5 Å². The van der Waals surface area contributed by atoms with Crippen LogP contribution in [0.25, 0.3) is 0 Å². The van der Waals surface area contributed by atoms with Crippen LogP contribution in [0.2, 0.25) is 0 Å². The normalized spacial score (nSPS) is 27.1. The molecule has 13 rings (SSSR count). The summed E-state index contributed by atoms with van der Waals surface area (Å²) >= 11 is 0. The molecule has 0 radical (unpaired) electrons. The Morgan fingerprint density at radius 1 is 0.384 bits per heavy atom. The van der Waals surface area contributed by atoms with Crippen LogP contribution in [-0.4, -0.2) is 282 Å². The average Bonchev–Trinajstić information content (AvgIpc) is 1.53. The summed E-state index contributed by atoms with van der Waals surface area (Å²) in [6.45, 7) is 44.5. The van der Waals surface area contributed by atoms with Crippen LogP contribution >= 0.6 is 0 Å². The van der Waals surface area contributed by atoms with Crippen molar-refractivity contribution in [3.8, 4) is 0 Å². The first-order chi connectivity index (χ1) is 67.6. The molecule has 0 bridgehead atoms. The van der Waals surface area contributed by atoms with Gasteiger partial charge in [-0.1, -0.05) is 221 Å². The van der Waals surface area contributed by atoms with Crippen molar-refractivity contribution in [2.75, 3.05) is 44.7 Å². The molecule has 13 fully saturated rings. The first kappa shape index (κ1) is 118. The van der Waals surface area contributed by atoms with Gasteiger partial charge in [0.05, 0.1) is 61.5 Å². The van der Waals surface area contributed by atoms with Gasteiger partial charge < -0.3 is 78.5 Å². The highest BCUT2D eigenvalue weighted by Gasteiger charge is 2.73. The molecule has 12 N–H and O–H groups in total. The fraction of sp³-hybridized carbons (Fsp3) is 0.858. The molecule has 4 aliphatic heterocycles. The molecule has 9 aliphatic carbocycles. The minimum Gasteiger partial charge on any atom is -0.347 e. The second-order valence-corrected chi connectivity index (χ2v) is 59.1. The first-order valence-electron chi connectivity index (χ1n) is 54.6. The van der Waals surface area contributed by atoms with E-state index >= 15 is 0 Å². The summed E-state index contributed by atoms with van der Waals surface area (Å²) in [5, 5.41) is 33.2. The summed E-state index contributed by atoms with van der Waals surface area (Å²) in [4.78, 5) is 209. The van der Waals surface area contributed by atoms with E-state index in [1.165, 1.54) is 14.1 Å². The van der Waals surface area contributed by atoms with Crippen molar-refractivity contribution in [1.82, 2.24) is 82.8 Å². The van der Waals surface area contributed by atoms with Crippen molar-refractivity contribution in [1.29, 1.82) is 0 Å². The van der Waals surface area contributed by atoms with Crippen molar-refractivity contribution in [2.45, 2.75) is 463 Å². The third kappa shape index (κ3) is 27.5. The van der Waals surface area contributed by atoms with E-state index in [2.05, 4.69) is 105 Å². The second-order valence-electron chi connectivity index (χ2n) is 51.6. The Labute approximate surface area is 868 Å². The maximum absolute atomic E-state index is 14.5. The fourth-order valence-electron chi connectivity index (χ4n) is 24.1. The third-order valence-electron chi connectivity index (χ3n) is 34.5. The molecule has 13 aliphatic rings. The van der Waals surface area contributed by atoms with Crippen LogP contribution in [-0.2, 0) is 87.2 Å². The topological polar surface area (TPSA) is 516 Å². The Kier molecular flexibility index (Phi) is 36.7. The van der Waals surface area contributed by atoms with Crippen LogP contribution in [0.3, 0.4) is 0 Å². The number of hydrogen-bond donors (Lipinski definition) is 12. The largest absolute Gasteiger partial charge is 0.347 e. The number of amides is 15. The van der Waals surface area contributed by atoms with Crippen molar-refractivity contribution in [3.05, 3.63) is 0 Å². The van der Waals surface area contributed by atoms with E-state index in [9.17, 15) is 97.2 Å². The number of carbonyl (C=O) groups excluding carboxylic acids is 15. The zero-order chi connectivity index (χ0) is 109. The van der Waals surface area contributed by atoms with E-state index in [1.807, 2.05) is 83.1 Å². The first-order valence-corrected chi connectivity index (χ1v) is 59.5. The Morgan fingerprint density at radius 3 is 0.918 bits per heavy atom. The maximum atomic E-state index is 14.5. The summed E-state index contributed by atoms with van der Waals surface area (Å²) < 4.78 is 79.6. The molecule has 3 unspecified atom stereocenters. The predicted octanol–water partition coefficient (Wildman–Crippen LogP) is 9.30. The van der Waals surface area contributed by atoms with Crippen molar-refractivity contribution < 1.29 is 97.2 Å². The van der Waals surface area contributed by atoms with Gasteiger partial charge in [0.25, 0.3) is 17.7 Å². The van der Waals surface area contributed by atoms with Gasteiger partial charge >= 0.3 is 18.1 Å². The summed E-state index contributed by atoms with van der Waals surface area (Å²) in [6.07, 6.45) is 21.5. The van der Waals surface area contributed by atoms with Crippen LogP contribution in [0, 0.1) is 68.0 Å². The molecule has 4 saturated heterocycles. The Morgan fingerprint density at radius 2 is 0.664 bits per heavy atom. The monoisotopic (exact) mass is 2110 g/mol. The van der Waals surface area contributed by atoms with Gasteiger partial charge in [0.1, 0.15) is 36.3 Å². The van der Waals surface area contributed by atoms with Crippen LogP contribution < -0.4 is 63.8 Å². The quantitative estimate of drug-likeness (QED) is 0.0255. The predicted molar refractivity (Wildman–Crippen MR) is 556 cm³/mol. The molecule has 0 aromatic heterocycles. The van der Waals surface area contributed by atoms with Gasteiger partial charge in [0.2, 0.25) is 62.8 Å². The van der Waals surface area contributed by atoms with E-state index in [0.29, 0.717) is 110 Å². The lowest BCUT2D eigenvalue weighted by Gasteiger charge is -2.43. The number of sulfone groups is 2. The number of unbranched alkanes of at least 4 members (excludes halogenated alkanes) is 3. The molecule has 146 heavy (non-hydrogen) atoms. The van der Waals surface area contributed by atoms with Gasteiger partial charge in [-0.05, 0) is 205 Å². The zero-order valence-corrected chi connectivity index (χ0v) is 94.2. The fourth-order valence-corrected chi connectivity index (χ4v) is 29.1. The minimum atomic E-state index is -3.59. The number of piperidine rings is 3. The molecular weight excluding hydrogens is 1930 g/mol. The van der Waals surface area contributed by atoms with Crippen molar-refractivity contribution in [3.63, 3.8) is 0 Å². The molecule has 9 saturated carbocycles. The lowest BCUT2D eigenvalue weighted by molar-refractivity contribution is -0.145. The Balaban J connectivity index is 0.000000208. The molecule has 15 amide bonds. The van der Waals surface area contributed by atoms with Crippen LogP contribution in [0.5, 0.6) is 0 Å². The number of nitrogens with one attached hydrogen (secondary N) is 12. The van der Waals surface area contributed by atoms with Crippen LogP contribution in [0.1, 0.15) is 358 Å². The van der Waals surface area contributed by atoms with E-state index < -0.39 is 221 Å². The molecule has 16 atom stereocenters. The van der Waals surface area contributed by atoms with Crippen molar-refractivity contribution >= 4 is 118 Å². The average molecular weight is 2110 g/mol. The lowest BCUT2D eigenvalue weighted by Crippen LogP contribution is -2.65. The third-order valence-corrected chi connectivity index (χ3v) is 42.1. The number of hydrogen-bond acceptors (Lipinski definition) is 21. The standard InChI is InChI=1S/C36H61N5O7S.C35H58N6O7S.C35H59N5O7S/c1-10-11-15-24(27(42)30(44)37-22-16-17-22)38-29(43)26-25-23(35(25,8)9)20-41(26)31(45)28(33(2,3)4)39-32(46)40-36(18-13-12-14-19-36)21-49(47,48)34(5,6)7;1-8-9-13-23(27(42)30(44)36-21-14-15-21)37-29(43)26-25-22(34(25,5)6)20-41(26)31(45)28(33(2,3)4)38-32(46)39-35(17-11-10-12-18-35)24-16-19-40(7)49(24,47)48;1-9-10-14-24(27(41)30(43)36-22-15-16-22)37-29(42)26-25-23(34(25,7)8)19-40(26)31(44)28(33(4,5)6)38-32(45)39-35(17-12-11-13-18-35)20-48(46,47)21(2)3/h22-26,28H,10-21H2,1-9H3,(H,37,44)(H,38,43)(H2,39,40,46);21-26,28H,8-20H2,1-7H3,(H,36,44)(H,37,43)(H2,38,39,46);21-26,28H,9-20H2,1-8H3,(H,36,43)(H,37,42)(H2,38,39,45)/t23?,24-,25-,26-,28+;22?,23-,24+,25-,26-,28+;23?,24-,25-,26-,28+/m000/s1. The summed E-state index contributed by atoms with van der Waals surface area (Å²) in [5.41, 5.74) is -5.65. The molecule has 826 valence electrons. The Hall–Kier alpha value is -8.14. The molecule has 0 aromatic rings. The number of urea groups is 3. The number of rotatable bonds is 39. The number of nitrogens with zero attached hydrogens (tertiary/aromatic N) is 4. The van der Waals surface area contributed by atoms with E-state index in [4.69, 9.17) is 0 Å². The van der Waals surface area contributed by atoms with Gasteiger partial charge in [0.15, 0.2) is 19.7 Å². The summed E-state index contributed by atoms with van der Waals surface area (Å²) in [6, 6.07) is -10.5. The SMILES string of the molecule is CCCC[C@H](NC(=O)[C@@H]1[C@@H]2C(CN1C(=O)[C@@H](NC(=O)NC1(CS(=O)(=O)C(C)(C)C)CCCCC1)C(C)(C)C)C2(C)C)C(=O)C(=O)NC1CC1.CCCC[C@H](NC(=O)[C@@H]1[C@@H]2C(CN1C(=O)[C@@H](NC(=O)NC1(CS(=O)(=O)C(C)C)CCCCC1)C(C)(C)C)C2(C)C)C(=O)C(=O)NC1CC1.CCCC[C@H](NC(=O)[C@@H]1[C@@H]2C(CN1C(=O)[C@@H](NC(=O)NC1([C@H]3CCN(C)S3(=O)=O)CCCCC1)C(C)(C)C)C2(C)C)C(=O)C(=O)NC1CC1. The second kappa shape index (κ2) is 45.4. The number of carbonyl (C=O) groups is 15. The number of fused-ring (bicyclic) bond motifs is 3. The number of likely N-dealkylation sites (tertiary alicyclic amines) is 3.